The van der Waals surface area contributed by atoms with Crippen LogP contribution in [0, 0.1) is 0 Å². The number of aromatic nitrogens is 2. The molecule has 0 bridgehead atoms. The zero-order chi connectivity index (χ0) is 18.0. The van der Waals surface area contributed by atoms with E-state index in [4.69, 9.17) is 33.7 Å². The lowest BCUT2D eigenvalue weighted by molar-refractivity contribution is 0.206. The predicted octanol–water partition coefficient (Wildman–Crippen LogP) is 4.69. The van der Waals surface area contributed by atoms with E-state index in [-0.39, 0.29) is 24.8 Å². The number of nitrogens with zero attached hydrogens (tertiary/aromatic N) is 3. The molecule has 0 radical (unpaired) electrons. The quantitative estimate of drug-likeness (QED) is 0.590. The molecular formula is C18H22Cl4N4O. The summed E-state index contributed by atoms with van der Waals surface area (Å²) in [5, 5.41) is 1.20. The van der Waals surface area contributed by atoms with Gasteiger partial charge in [0.2, 0.25) is 0 Å². The van der Waals surface area contributed by atoms with Crippen molar-refractivity contribution in [1.82, 2.24) is 9.38 Å². The molecule has 0 atom stereocenters. The van der Waals surface area contributed by atoms with Crippen molar-refractivity contribution in [3.63, 3.8) is 0 Å². The van der Waals surface area contributed by atoms with Crippen LogP contribution >= 0.6 is 48.0 Å². The van der Waals surface area contributed by atoms with E-state index in [1.165, 1.54) is 0 Å². The highest BCUT2D eigenvalue weighted by Gasteiger charge is 2.14. The number of hydrogen-bond acceptors (Lipinski definition) is 4. The minimum Gasteiger partial charge on any atom is -0.383 e. The molecule has 2 N–H and O–H groups in total. The number of methoxy groups -OCH3 is 1. The monoisotopic (exact) mass is 450 g/mol. The average Bonchev–Trinajstić information content (AvgIpc) is 3.01. The van der Waals surface area contributed by atoms with Gasteiger partial charge in [0, 0.05) is 54.6 Å². The van der Waals surface area contributed by atoms with Gasteiger partial charge in [-0.3, -0.25) is 4.40 Å². The molecular weight excluding hydrogens is 430 g/mol. The Labute approximate surface area is 181 Å². The van der Waals surface area contributed by atoms with Crippen LogP contribution in [0.2, 0.25) is 10.0 Å². The molecule has 0 aliphatic heterocycles. The van der Waals surface area contributed by atoms with Crippen molar-refractivity contribution < 1.29 is 4.74 Å². The molecule has 148 valence electrons. The van der Waals surface area contributed by atoms with Crippen LogP contribution in [0.25, 0.3) is 16.8 Å². The van der Waals surface area contributed by atoms with Gasteiger partial charge in [0.1, 0.15) is 11.5 Å². The normalized spacial score (nSPS) is 10.4. The average molecular weight is 452 g/mol. The summed E-state index contributed by atoms with van der Waals surface area (Å²) in [7, 11) is 3.70. The second-order valence-corrected chi connectivity index (χ2v) is 6.64. The molecule has 0 saturated carbocycles. The number of nitrogens with two attached hydrogens (primary N) is 1. The van der Waals surface area contributed by atoms with Gasteiger partial charge in [-0.1, -0.05) is 29.3 Å². The predicted molar refractivity (Wildman–Crippen MR) is 118 cm³/mol. The smallest absolute Gasteiger partial charge is 0.138 e. The van der Waals surface area contributed by atoms with Crippen LogP contribution in [-0.2, 0) is 11.3 Å². The number of rotatable bonds is 6. The number of imidazole rings is 1. The van der Waals surface area contributed by atoms with Crippen molar-refractivity contribution in [2.75, 3.05) is 32.2 Å². The van der Waals surface area contributed by atoms with Crippen molar-refractivity contribution in [1.29, 1.82) is 0 Å². The first-order chi connectivity index (χ1) is 12.0. The van der Waals surface area contributed by atoms with Gasteiger partial charge in [0.15, 0.2) is 0 Å². The van der Waals surface area contributed by atoms with Crippen molar-refractivity contribution >= 4 is 59.5 Å². The third kappa shape index (κ3) is 4.99. The molecule has 0 fully saturated rings. The fourth-order valence-electron chi connectivity index (χ4n) is 2.79. The number of fused-ring (bicyclic) bond motifs is 1. The summed E-state index contributed by atoms with van der Waals surface area (Å²) in [6.45, 7) is 1.80. The summed E-state index contributed by atoms with van der Waals surface area (Å²) in [6.07, 6.45) is 3.87. The molecule has 5 nitrogen and oxygen atoms in total. The van der Waals surface area contributed by atoms with E-state index in [2.05, 4.69) is 9.88 Å². The highest BCUT2D eigenvalue weighted by molar-refractivity contribution is 6.36. The molecule has 0 saturated heterocycles. The summed E-state index contributed by atoms with van der Waals surface area (Å²) in [5.74, 6) is 0.974. The van der Waals surface area contributed by atoms with Crippen LogP contribution in [0.4, 0.5) is 5.82 Å². The van der Waals surface area contributed by atoms with Crippen LogP contribution < -0.4 is 10.6 Å². The molecule has 2 aromatic heterocycles. The Morgan fingerprint density at radius 2 is 1.93 bits per heavy atom. The molecule has 3 rings (SSSR count). The van der Waals surface area contributed by atoms with Gasteiger partial charge >= 0.3 is 0 Å². The number of pyridine rings is 1. The number of likely N-dealkylation sites (N-methyl/N-ethyl adjacent to an activating group) is 1. The zero-order valence-corrected chi connectivity index (χ0v) is 18.1. The van der Waals surface area contributed by atoms with E-state index in [0.29, 0.717) is 23.2 Å². The lowest BCUT2D eigenvalue weighted by Crippen LogP contribution is -2.23. The first kappa shape index (κ1) is 23.8. The molecule has 1 aromatic carbocycles. The Hall–Kier alpha value is -1.21. The van der Waals surface area contributed by atoms with E-state index in [1.54, 1.807) is 13.2 Å². The molecule has 0 unspecified atom stereocenters. The van der Waals surface area contributed by atoms with Crippen LogP contribution in [0.15, 0.2) is 36.7 Å². The summed E-state index contributed by atoms with van der Waals surface area (Å²) < 4.78 is 7.20. The van der Waals surface area contributed by atoms with E-state index >= 15 is 0 Å². The molecule has 9 heteroatoms. The van der Waals surface area contributed by atoms with Crippen molar-refractivity contribution in [3.05, 3.63) is 52.3 Å². The molecule has 0 aliphatic carbocycles. The Kier molecular flexibility index (Phi) is 9.15. The van der Waals surface area contributed by atoms with Crippen LogP contribution in [0.1, 0.15) is 5.56 Å². The number of benzene rings is 1. The first-order valence-corrected chi connectivity index (χ1v) is 8.66. The third-order valence-electron chi connectivity index (χ3n) is 4.18. The van der Waals surface area contributed by atoms with E-state index in [1.807, 2.05) is 42.0 Å². The van der Waals surface area contributed by atoms with Gasteiger partial charge < -0.3 is 15.4 Å². The van der Waals surface area contributed by atoms with Gasteiger partial charge in [0.05, 0.1) is 12.8 Å². The molecule has 2 heterocycles. The standard InChI is InChI=1S/C18H20Cl2N4O.2ClH/c1-23(5-6-25-2)18-10-22-17-7-12(9-21)15(11-24(17)18)14-4-3-13(19)8-16(14)20;;/h3-4,7-8,10-11H,5-6,9,21H2,1-2H3;2*1H. The van der Waals surface area contributed by atoms with E-state index < -0.39 is 0 Å². The molecule has 3 aromatic rings. The number of anilines is 1. The summed E-state index contributed by atoms with van der Waals surface area (Å²) >= 11 is 12.4. The summed E-state index contributed by atoms with van der Waals surface area (Å²) in [4.78, 5) is 6.59. The maximum absolute atomic E-state index is 6.41. The molecule has 0 aliphatic rings. The Morgan fingerprint density at radius 1 is 1.19 bits per heavy atom. The Bertz CT molecular complexity index is 900. The van der Waals surface area contributed by atoms with Gasteiger partial charge in [-0.05, 0) is 23.8 Å². The fraction of sp³-hybridized carbons (Fsp3) is 0.278. The lowest BCUT2D eigenvalue weighted by Gasteiger charge is -2.19. The highest BCUT2D eigenvalue weighted by atomic mass is 35.5. The Morgan fingerprint density at radius 3 is 2.56 bits per heavy atom. The minimum atomic E-state index is 0. The summed E-state index contributed by atoms with van der Waals surface area (Å²) in [5.41, 5.74) is 9.64. The van der Waals surface area contributed by atoms with Crippen molar-refractivity contribution in [2.45, 2.75) is 6.54 Å². The minimum absolute atomic E-state index is 0. The number of ether oxygens (including phenoxy) is 1. The van der Waals surface area contributed by atoms with Crippen LogP contribution in [0.5, 0.6) is 0 Å². The van der Waals surface area contributed by atoms with Crippen LogP contribution in [0.3, 0.4) is 0 Å². The zero-order valence-electron chi connectivity index (χ0n) is 15.0. The van der Waals surface area contributed by atoms with Crippen molar-refractivity contribution in [2.24, 2.45) is 5.73 Å². The first-order valence-electron chi connectivity index (χ1n) is 7.90. The van der Waals surface area contributed by atoms with Gasteiger partial charge in [0.25, 0.3) is 0 Å². The molecule has 0 spiro atoms. The SMILES string of the molecule is COCCN(C)c1cnc2cc(CN)c(-c3ccc(Cl)cc3Cl)cn12.Cl.Cl. The summed E-state index contributed by atoms with van der Waals surface area (Å²) in [6, 6.07) is 7.47. The number of hydrogen-bond donors (Lipinski definition) is 1. The fourth-order valence-corrected chi connectivity index (χ4v) is 3.31. The maximum atomic E-state index is 6.41. The number of halogens is 4. The topological polar surface area (TPSA) is 55.8 Å². The van der Waals surface area contributed by atoms with E-state index in [0.717, 1.165) is 34.7 Å². The maximum Gasteiger partial charge on any atom is 0.138 e. The Balaban J connectivity index is 0.00000182. The van der Waals surface area contributed by atoms with Crippen LogP contribution in [-0.4, -0.2) is 36.7 Å². The highest BCUT2D eigenvalue weighted by Crippen LogP contribution is 2.33. The molecule has 27 heavy (non-hydrogen) atoms. The van der Waals surface area contributed by atoms with Gasteiger partial charge in [-0.25, -0.2) is 4.98 Å². The molecule has 0 amide bonds. The third-order valence-corrected chi connectivity index (χ3v) is 4.72. The van der Waals surface area contributed by atoms with Crippen molar-refractivity contribution in [3.8, 4) is 11.1 Å². The van der Waals surface area contributed by atoms with E-state index in [9.17, 15) is 0 Å². The van der Waals surface area contributed by atoms with Gasteiger partial charge in [-0.15, -0.1) is 24.8 Å². The second-order valence-electron chi connectivity index (χ2n) is 5.80. The largest absolute Gasteiger partial charge is 0.383 e. The lowest BCUT2D eigenvalue weighted by atomic mass is 10.0. The van der Waals surface area contributed by atoms with Gasteiger partial charge in [-0.2, -0.15) is 0 Å². The second kappa shape index (κ2) is 10.4.